The first-order valence-electron chi connectivity index (χ1n) is 10.9. The van der Waals surface area contributed by atoms with E-state index in [1.807, 2.05) is 32.0 Å². The molecule has 2 unspecified atom stereocenters. The van der Waals surface area contributed by atoms with Gasteiger partial charge in [0.25, 0.3) is 0 Å². The van der Waals surface area contributed by atoms with Crippen LogP contribution in [-0.2, 0) is 11.2 Å². The van der Waals surface area contributed by atoms with Crippen LogP contribution >= 0.6 is 11.8 Å². The fourth-order valence-corrected chi connectivity index (χ4v) is 5.11. The van der Waals surface area contributed by atoms with E-state index in [1.54, 1.807) is 23.9 Å². The van der Waals surface area contributed by atoms with Crippen LogP contribution < -0.4 is 16.4 Å². The topological polar surface area (TPSA) is 87.4 Å². The summed E-state index contributed by atoms with van der Waals surface area (Å²) in [6.07, 6.45) is 1.24. The van der Waals surface area contributed by atoms with Crippen molar-refractivity contribution in [3.8, 4) is 5.75 Å². The number of hydrogen-bond acceptors (Lipinski definition) is 5. The highest BCUT2D eigenvalue weighted by Gasteiger charge is 2.25. The lowest BCUT2D eigenvalue weighted by Gasteiger charge is -2.29. The summed E-state index contributed by atoms with van der Waals surface area (Å²) in [5.74, 6) is 0.0769. The number of benzene rings is 3. The van der Waals surface area contributed by atoms with Gasteiger partial charge in [-0.05, 0) is 91.4 Å². The van der Waals surface area contributed by atoms with Crippen LogP contribution in [-0.4, -0.2) is 23.6 Å². The number of aromatic hydroxyl groups is 1. The summed E-state index contributed by atoms with van der Waals surface area (Å²) in [5, 5.41) is 16.4. The van der Waals surface area contributed by atoms with Crippen molar-refractivity contribution in [2.45, 2.75) is 48.6 Å². The first-order valence-corrected chi connectivity index (χ1v) is 11.7. The molecule has 0 bridgehead atoms. The lowest BCUT2D eigenvalue weighted by Crippen LogP contribution is -2.44. The molecule has 166 valence electrons. The standard InChI is InChI=1S/C26H29N3O2S/c1-16-12-18(30)13-17(2)21(16)15-23(27)26(31)29-25-10-11-28-24-9-8-20(14-22(24)25)32-19-6-4-3-5-7-19/h3-9,12-14,23,25,28,30H,10-11,15,27H2,1-2H3,(H,29,31). The molecular weight excluding hydrogens is 418 g/mol. The number of carbonyl (C=O) groups is 1. The molecule has 1 aliphatic heterocycles. The highest BCUT2D eigenvalue weighted by atomic mass is 32.2. The average molecular weight is 448 g/mol. The zero-order valence-corrected chi connectivity index (χ0v) is 19.2. The molecule has 32 heavy (non-hydrogen) atoms. The van der Waals surface area contributed by atoms with E-state index >= 15 is 0 Å². The number of nitrogens with one attached hydrogen (secondary N) is 2. The summed E-state index contributed by atoms with van der Waals surface area (Å²) >= 11 is 1.71. The zero-order chi connectivity index (χ0) is 22.7. The van der Waals surface area contributed by atoms with Crippen LogP contribution in [0.3, 0.4) is 0 Å². The molecule has 3 aromatic carbocycles. The van der Waals surface area contributed by atoms with Crippen LogP contribution in [0.5, 0.6) is 5.75 Å². The normalized spacial score (nSPS) is 16.0. The second kappa shape index (κ2) is 9.67. The van der Waals surface area contributed by atoms with Crippen molar-refractivity contribution in [1.29, 1.82) is 0 Å². The Bertz CT molecular complexity index is 1090. The van der Waals surface area contributed by atoms with Gasteiger partial charge in [0.15, 0.2) is 0 Å². The molecule has 1 heterocycles. The van der Waals surface area contributed by atoms with E-state index in [1.165, 1.54) is 4.90 Å². The van der Waals surface area contributed by atoms with Crippen molar-refractivity contribution in [3.63, 3.8) is 0 Å². The second-order valence-corrected chi connectivity index (χ2v) is 9.46. The molecule has 1 amide bonds. The Balaban J connectivity index is 1.48. The van der Waals surface area contributed by atoms with Crippen molar-refractivity contribution in [2.75, 3.05) is 11.9 Å². The Hall–Kier alpha value is -2.96. The highest BCUT2D eigenvalue weighted by molar-refractivity contribution is 7.99. The molecule has 5 N–H and O–H groups in total. The molecule has 3 aromatic rings. The van der Waals surface area contributed by atoms with Gasteiger partial charge in [-0.2, -0.15) is 0 Å². The van der Waals surface area contributed by atoms with E-state index in [9.17, 15) is 9.90 Å². The highest BCUT2D eigenvalue weighted by Crippen LogP contribution is 2.36. The van der Waals surface area contributed by atoms with Crippen molar-refractivity contribution < 1.29 is 9.90 Å². The second-order valence-electron chi connectivity index (χ2n) is 8.31. The maximum Gasteiger partial charge on any atom is 0.237 e. The Morgan fingerprint density at radius 2 is 1.84 bits per heavy atom. The number of phenolic OH excluding ortho intramolecular Hbond substituents is 1. The molecule has 0 spiro atoms. The van der Waals surface area contributed by atoms with Crippen LogP contribution in [0.4, 0.5) is 5.69 Å². The molecule has 6 heteroatoms. The summed E-state index contributed by atoms with van der Waals surface area (Å²) in [4.78, 5) is 15.3. The molecular formula is C26H29N3O2S. The van der Waals surface area contributed by atoms with Crippen LogP contribution in [0, 0.1) is 13.8 Å². The van der Waals surface area contributed by atoms with Gasteiger partial charge in [-0.3, -0.25) is 4.79 Å². The summed E-state index contributed by atoms with van der Waals surface area (Å²) in [6.45, 7) is 4.66. The van der Waals surface area contributed by atoms with Crippen molar-refractivity contribution >= 4 is 23.4 Å². The van der Waals surface area contributed by atoms with Gasteiger partial charge in [-0.25, -0.2) is 0 Å². The fraction of sp³-hybridized carbons (Fsp3) is 0.269. The predicted octanol–water partition coefficient (Wildman–Crippen LogP) is 4.70. The number of anilines is 1. The average Bonchev–Trinajstić information content (AvgIpc) is 2.77. The van der Waals surface area contributed by atoms with Gasteiger partial charge < -0.3 is 21.5 Å². The van der Waals surface area contributed by atoms with E-state index < -0.39 is 6.04 Å². The van der Waals surface area contributed by atoms with E-state index in [0.29, 0.717) is 6.42 Å². The number of aryl methyl sites for hydroxylation is 2. The Morgan fingerprint density at radius 1 is 1.12 bits per heavy atom. The maximum atomic E-state index is 13.0. The van der Waals surface area contributed by atoms with Gasteiger partial charge >= 0.3 is 0 Å². The molecule has 0 aliphatic carbocycles. The molecule has 0 saturated carbocycles. The smallest absolute Gasteiger partial charge is 0.237 e. The molecule has 0 saturated heterocycles. The third-order valence-electron chi connectivity index (χ3n) is 5.88. The van der Waals surface area contributed by atoms with Crippen molar-refractivity contribution in [2.24, 2.45) is 5.73 Å². The van der Waals surface area contributed by atoms with Gasteiger partial charge in [0.05, 0.1) is 12.1 Å². The number of amides is 1. The lowest BCUT2D eigenvalue weighted by atomic mass is 9.94. The van der Waals surface area contributed by atoms with Gasteiger partial charge in [0.1, 0.15) is 5.75 Å². The van der Waals surface area contributed by atoms with Crippen molar-refractivity contribution in [3.05, 3.63) is 82.9 Å². The van der Waals surface area contributed by atoms with Gasteiger partial charge in [-0.1, -0.05) is 30.0 Å². The van der Waals surface area contributed by atoms with Crippen LogP contribution in [0.2, 0.25) is 0 Å². The van der Waals surface area contributed by atoms with E-state index in [0.717, 1.165) is 45.8 Å². The Morgan fingerprint density at radius 3 is 2.56 bits per heavy atom. The number of phenols is 1. The van der Waals surface area contributed by atoms with Crippen LogP contribution in [0.1, 0.15) is 34.7 Å². The third kappa shape index (κ3) is 5.09. The number of fused-ring (bicyclic) bond motifs is 1. The minimum Gasteiger partial charge on any atom is -0.508 e. The quantitative estimate of drug-likeness (QED) is 0.440. The Labute approximate surface area is 193 Å². The summed E-state index contributed by atoms with van der Waals surface area (Å²) in [7, 11) is 0. The van der Waals surface area contributed by atoms with Crippen LogP contribution in [0.15, 0.2) is 70.5 Å². The minimum absolute atomic E-state index is 0.0804. The first kappa shape index (κ1) is 22.2. The monoisotopic (exact) mass is 447 g/mol. The molecule has 0 fully saturated rings. The third-order valence-corrected chi connectivity index (χ3v) is 6.88. The fourth-order valence-electron chi connectivity index (χ4n) is 4.22. The molecule has 2 atom stereocenters. The Kier molecular flexibility index (Phi) is 6.72. The number of nitrogens with two attached hydrogens (primary N) is 1. The summed E-state index contributed by atoms with van der Waals surface area (Å²) in [5.41, 5.74) is 11.3. The SMILES string of the molecule is Cc1cc(O)cc(C)c1CC(N)C(=O)NC1CCNc2ccc(Sc3ccccc3)cc21. The summed E-state index contributed by atoms with van der Waals surface area (Å²) < 4.78 is 0. The zero-order valence-electron chi connectivity index (χ0n) is 18.4. The largest absolute Gasteiger partial charge is 0.508 e. The predicted molar refractivity (Wildman–Crippen MR) is 130 cm³/mol. The van der Waals surface area contributed by atoms with Gasteiger partial charge in [0.2, 0.25) is 5.91 Å². The van der Waals surface area contributed by atoms with Crippen molar-refractivity contribution in [1.82, 2.24) is 5.32 Å². The molecule has 5 nitrogen and oxygen atoms in total. The maximum absolute atomic E-state index is 13.0. The number of rotatable bonds is 6. The molecule has 0 aromatic heterocycles. The lowest BCUT2D eigenvalue weighted by molar-refractivity contribution is -0.123. The van der Waals surface area contributed by atoms with E-state index in [4.69, 9.17) is 5.73 Å². The molecule has 1 aliphatic rings. The number of hydrogen-bond donors (Lipinski definition) is 4. The van der Waals surface area contributed by atoms with Crippen LogP contribution in [0.25, 0.3) is 0 Å². The first-order chi connectivity index (χ1) is 15.4. The van der Waals surface area contributed by atoms with Gasteiger partial charge in [0, 0.05) is 22.0 Å². The van der Waals surface area contributed by atoms with E-state index in [2.05, 4.69) is 41.0 Å². The minimum atomic E-state index is -0.655. The summed E-state index contributed by atoms with van der Waals surface area (Å²) in [6, 6.07) is 19.3. The number of carbonyl (C=O) groups excluding carboxylic acids is 1. The molecule has 4 rings (SSSR count). The van der Waals surface area contributed by atoms with Gasteiger partial charge in [-0.15, -0.1) is 0 Å². The van der Waals surface area contributed by atoms with E-state index in [-0.39, 0.29) is 17.7 Å². The molecule has 0 radical (unpaired) electrons.